The lowest BCUT2D eigenvalue weighted by Crippen LogP contribution is -2.14. The van der Waals surface area contributed by atoms with Crippen molar-refractivity contribution in [3.05, 3.63) is 61.5 Å². The quantitative estimate of drug-likeness (QED) is 0.439. The van der Waals surface area contributed by atoms with E-state index >= 15 is 0 Å². The van der Waals surface area contributed by atoms with Crippen LogP contribution < -0.4 is 10.1 Å². The maximum Gasteiger partial charge on any atom is 0.266 e. The molecule has 2 aromatic carbocycles. The third-order valence-electron chi connectivity index (χ3n) is 3.84. The van der Waals surface area contributed by atoms with Gasteiger partial charge in [0, 0.05) is 15.7 Å². The Hall–Kier alpha value is -2.10. The molecule has 1 amide bonds. The Labute approximate surface area is 170 Å². The Morgan fingerprint density at radius 3 is 2.69 bits per heavy atom. The minimum absolute atomic E-state index is 0.00291. The van der Waals surface area contributed by atoms with Crippen LogP contribution in [0.15, 0.2) is 44.9 Å². The number of halogens is 2. The van der Waals surface area contributed by atoms with Crippen molar-refractivity contribution < 1.29 is 9.53 Å². The van der Waals surface area contributed by atoms with Crippen molar-refractivity contribution in [1.29, 1.82) is 5.26 Å². The van der Waals surface area contributed by atoms with Crippen LogP contribution in [0.2, 0.25) is 0 Å². The Kier molecular flexibility index (Phi) is 7.01. The zero-order chi connectivity index (χ0) is 19.3. The molecule has 0 bridgehead atoms. The van der Waals surface area contributed by atoms with E-state index < -0.39 is 5.91 Å². The summed E-state index contributed by atoms with van der Waals surface area (Å²) >= 11 is 6.87. The number of nitriles is 1. The summed E-state index contributed by atoms with van der Waals surface area (Å²) in [7, 11) is 0. The van der Waals surface area contributed by atoms with Crippen LogP contribution in [0.1, 0.15) is 23.6 Å². The van der Waals surface area contributed by atoms with Crippen molar-refractivity contribution in [2.24, 2.45) is 0 Å². The van der Waals surface area contributed by atoms with Crippen molar-refractivity contribution >= 4 is 49.5 Å². The summed E-state index contributed by atoms with van der Waals surface area (Å²) in [6, 6.07) is 11.3. The first kappa shape index (κ1) is 20.2. The third kappa shape index (κ3) is 4.75. The summed E-state index contributed by atoms with van der Waals surface area (Å²) in [5.41, 5.74) is 3.37. The summed E-state index contributed by atoms with van der Waals surface area (Å²) in [4.78, 5) is 12.6. The van der Waals surface area contributed by atoms with Gasteiger partial charge in [-0.3, -0.25) is 4.79 Å². The van der Waals surface area contributed by atoms with E-state index in [2.05, 4.69) is 37.2 Å². The summed E-state index contributed by atoms with van der Waals surface area (Å²) in [5.74, 6) is 0.128. The molecule has 26 heavy (non-hydrogen) atoms. The van der Waals surface area contributed by atoms with Crippen LogP contribution in [0.5, 0.6) is 5.75 Å². The zero-order valence-corrected chi connectivity index (χ0v) is 17.9. The largest absolute Gasteiger partial charge is 0.492 e. The molecule has 6 heteroatoms. The first-order chi connectivity index (χ1) is 12.4. The van der Waals surface area contributed by atoms with Crippen molar-refractivity contribution in [2.45, 2.75) is 20.8 Å². The Bertz CT molecular complexity index is 915. The van der Waals surface area contributed by atoms with Crippen molar-refractivity contribution in [1.82, 2.24) is 0 Å². The fourth-order valence-electron chi connectivity index (χ4n) is 2.36. The van der Waals surface area contributed by atoms with Crippen LogP contribution in [0.4, 0.5) is 5.69 Å². The zero-order valence-electron chi connectivity index (χ0n) is 14.7. The number of nitrogens with one attached hydrogen (secondary N) is 1. The maximum atomic E-state index is 12.6. The molecule has 2 aromatic rings. The lowest BCUT2D eigenvalue weighted by molar-refractivity contribution is -0.112. The number of anilines is 1. The average molecular weight is 478 g/mol. The normalized spacial score (nSPS) is 11.0. The number of amides is 1. The van der Waals surface area contributed by atoms with Gasteiger partial charge in [-0.1, -0.05) is 28.1 Å². The van der Waals surface area contributed by atoms with Crippen molar-refractivity contribution in [2.75, 3.05) is 11.9 Å². The molecule has 134 valence electrons. The summed E-state index contributed by atoms with van der Waals surface area (Å²) in [5, 5.41) is 12.3. The molecule has 0 heterocycles. The number of carbonyl (C=O) groups excluding carboxylic acids is 1. The van der Waals surface area contributed by atoms with Crippen LogP contribution in [0.25, 0.3) is 6.08 Å². The summed E-state index contributed by atoms with van der Waals surface area (Å²) in [6.07, 6.45) is 1.53. The van der Waals surface area contributed by atoms with Gasteiger partial charge in [0.2, 0.25) is 0 Å². The van der Waals surface area contributed by atoms with E-state index in [9.17, 15) is 10.1 Å². The smallest absolute Gasteiger partial charge is 0.266 e. The monoisotopic (exact) mass is 476 g/mol. The van der Waals surface area contributed by atoms with E-state index in [1.54, 1.807) is 6.07 Å². The SMILES string of the molecule is CCOc1c(Br)cc(Br)cc1/C=C(\C#N)C(=O)Nc1cccc(C)c1C. The van der Waals surface area contributed by atoms with Gasteiger partial charge in [0.05, 0.1) is 11.1 Å². The number of nitrogens with zero attached hydrogens (tertiary/aromatic N) is 1. The molecule has 2 rings (SSSR count). The van der Waals surface area contributed by atoms with Crippen LogP contribution >= 0.6 is 31.9 Å². The fraction of sp³-hybridized carbons (Fsp3) is 0.200. The fourth-order valence-corrected chi connectivity index (χ4v) is 3.74. The number of hydrogen-bond donors (Lipinski definition) is 1. The molecular weight excluding hydrogens is 460 g/mol. The van der Waals surface area contributed by atoms with E-state index in [0.29, 0.717) is 23.6 Å². The standard InChI is InChI=1S/C20H18Br2N2O2/c1-4-26-19-14(9-16(21)10-17(19)22)8-15(11-23)20(25)24-18-7-5-6-12(2)13(18)3/h5-10H,4H2,1-3H3,(H,24,25)/b15-8+. The molecule has 0 aliphatic carbocycles. The van der Waals surface area contributed by atoms with Crippen LogP contribution in [-0.2, 0) is 4.79 Å². The first-order valence-corrected chi connectivity index (χ1v) is 9.57. The molecular formula is C20H18Br2N2O2. The molecule has 0 atom stereocenters. The topological polar surface area (TPSA) is 62.1 Å². The molecule has 0 saturated carbocycles. The van der Waals surface area contributed by atoms with Gasteiger partial charge >= 0.3 is 0 Å². The minimum Gasteiger partial charge on any atom is -0.492 e. The summed E-state index contributed by atoms with van der Waals surface area (Å²) < 4.78 is 7.20. The van der Waals surface area contributed by atoms with Crippen molar-refractivity contribution in [3.63, 3.8) is 0 Å². The van der Waals surface area contributed by atoms with Gasteiger partial charge < -0.3 is 10.1 Å². The van der Waals surface area contributed by atoms with Gasteiger partial charge in [-0.15, -0.1) is 0 Å². The second-order valence-corrected chi connectivity index (χ2v) is 7.38. The Balaban J connectivity index is 2.40. The maximum absolute atomic E-state index is 12.6. The number of hydrogen-bond acceptors (Lipinski definition) is 3. The molecule has 0 saturated heterocycles. The molecule has 0 fully saturated rings. The van der Waals surface area contributed by atoms with Crippen LogP contribution in [0.3, 0.4) is 0 Å². The van der Waals surface area contributed by atoms with E-state index in [1.165, 1.54) is 6.08 Å². The second kappa shape index (κ2) is 9.02. The predicted molar refractivity (Wildman–Crippen MR) is 111 cm³/mol. The van der Waals surface area contributed by atoms with Gasteiger partial charge in [-0.2, -0.15) is 5.26 Å². The highest BCUT2D eigenvalue weighted by Crippen LogP contribution is 2.34. The molecule has 0 spiro atoms. The molecule has 4 nitrogen and oxygen atoms in total. The molecule has 0 aromatic heterocycles. The molecule has 0 aliphatic rings. The predicted octanol–water partition coefficient (Wildman–Crippen LogP) is 5.77. The Morgan fingerprint density at radius 2 is 2.04 bits per heavy atom. The van der Waals surface area contributed by atoms with Crippen LogP contribution in [0, 0.1) is 25.2 Å². The first-order valence-electron chi connectivity index (χ1n) is 7.98. The number of ether oxygens (including phenoxy) is 1. The molecule has 0 aliphatic heterocycles. The highest BCUT2D eigenvalue weighted by molar-refractivity contribution is 9.11. The van der Waals surface area contributed by atoms with E-state index in [-0.39, 0.29) is 5.57 Å². The lowest BCUT2D eigenvalue weighted by Gasteiger charge is -2.12. The number of rotatable bonds is 5. The average Bonchev–Trinajstić information content (AvgIpc) is 2.59. The van der Waals surface area contributed by atoms with E-state index in [1.807, 2.05) is 51.1 Å². The van der Waals surface area contributed by atoms with Crippen molar-refractivity contribution in [3.8, 4) is 11.8 Å². The van der Waals surface area contributed by atoms with Gasteiger partial charge in [0.1, 0.15) is 17.4 Å². The number of benzene rings is 2. The van der Waals surface area contributed by atoms with Crippen LogP contribution in [-0.4, -0.2) is 12.5 Å². The third-order valence-corrected chi connectivity index (χ3v) is 4.89. The highest BCUT2D eigenvalue weighted by Gasteiger charge is 2.15. The number of aryl methyl sites for hydroxylation is 1. The summed E-state index contributed by atoms with van der Waals surface area (Å²) in [6.45, 7) is 6.25. The second-order valence-electron chi connectivity index (χ2n) is 5.61. The van der Waals surface area contributed by atoms with Gasteiger partial charge in [-0.05, 0) is 72.1 Å². The molecule has 0 unspecified atom stereocenters. The Morgan fingerprint density at radius 1 is 1.31 bits per heavy atom. The van der Waals surface area contributed by atoms with Gasteiger partial charge in [0.25, 0.3) is 5.91 Å². The van der Waals surface area contributed by atoms with E-state index in [0.717, 1.165) is 20.1 Å². The van der Waals surface area contributed by atoms with Gasteiger partial charge in [-0.25, -0.2) is 0 Å². The van der Waals surface area contributed by atoms with E-state index in [4.69, 9.17) is 4.74 Å². The molecule has 0 radical (unpaired) electrons. The highest BCUT2D eigenvalue weighted by atomic mass is 79.9. The minimum atomic E-state index is -0.459. The molecule has 1 N–H and O–H groups in total. The number of carbonyl (C=O) groups is 1. The van der Waals surface area contributed by atoms with Gasteiger partial charge in [0.15, 0.2) is 0 Å². The lowest BCUT2D eigenvalue weighted by atomic mass is 10.1.